The van der Waals surface area contributed by atoms with E-state index in [4.69, 9.17) is 0 Å². The van der Waals surface area contributed by atoms with Crippen molar-refractivity contribution in [3.8, 4) is 0 Å². The van der Waals surface area contributed by atoms with Gasteiger partial charge in [-0.15, -0.1) is 0 Å². The third-order valence-corrected chi connectivity index (χ3v) is 4.34. The van der Waals surface area contributed by atoms with Crippen LogP contribution in [0.1, 0.15) is 25.8 Å². The highest BCUT2D eigenvalue weighted by Crippen LogP contribution is 2.43. The summed E-state index contributed by atoms with van der Waals surface area (Å²) in [5, 5.41) is 12.7. The minimum Gasteiger partial charge on any atom is -0.392 e. The molecule has 112 valence electrons. The second kappa shape index (κ2) is 5.07. The zero-order valence-electron chi connectivity index (χ0n) is 11.3. The molecule has 0 spiro atoms. The molecule has 1 heterocycles. The van der Waals surface area contributed by atoms with Gasteiger partial charge in [-0.3, -0.25) is 0 Å². The highest BCUT2D eigenvalue weighted by molar-refractivity contribution is 7.98. The molecular formula is C12H16F3N3OS. The minimum atomic E-state index is -4.51. The quantitative estimate of drug-likeness (QED) is 0.664. The number of alkyl halides is 3. The van der Waals surface area contributed by atoms with Crippen molar-refractivity contribution < 1.29 is 18.3 Å². The lowest BCUT2D eigenvalue weighted by Crippen LogP contribution is -2.57. The highest BCUT2D eigenvalue weighted by Gasteiger charge is 2.48. The van der Waals surface area contributed by atoms with Crippen molar-refractivity contribution in [1.29, 1.82) is 0 Å². The van der Waals surface area contributed by atoms with Gasteiger partial charge in [0.05, 0.1) is 6.10 Å². The first-order valence-electron chi connectivity index (χ1n) is 6.09. The predicted molar refractivity (Wildman–Crippen MR) is 70.6 cm³/mol. The van der Waals surface area contributed by atoms with Crippen LogP contribution in [0.5, 0.6) is 0 Å². The Bertz CT molecular complexity index is 507. The zero-order chi connectivity index (χ0) is 15.1. The SMILES string of the molecule is CSc1ncc(C(F)(F)F)c(NC2CC(O)C2(C)C)n1. The summed E-state index contributed by atoms with van der Waals surface area (Å²) in [6.45, 7) is 3.62. The van der Waals surface area contributed by atoms with Gasteiger partial charge in [-0.2, -0.15) is 13.2 Å². The van der Waals surface area contributed by atoms with Crippen LogP contribution in [0.4, 0.5) is 19.0 Å². The van der Waals surface area contributed by atoms with Crippen LogP contribution in [0.3, 0.4) is 0 Å². The van der Waals surface area contributed by atoms with E-state index in [-0.39, 0.29) is 17.0 Å². The summed E-state index contributed by atoms with van der Waals surface area (Å²) in [6, 6.07) is -0.247. The van der Waals surface area contributed by atoms with Crippen LogP contribution in [-0.2, 0) is 6.18 Å². The third kappa shape index (κ3) is 2.71. The number of rotatable bonds is 3. The normalized spacial score (nSPS) is 25.1. The maximum absolute atomic E-state index is 12.9. The van der Waals surface area contributed by atoms with E-state index in [2.05, 4.69) is 15.3 Å². The average molecular weight is 307 g/mol. The van der Waals surface area contributed by atoms with Gasteiger partial charge < -0.3 is 10.4 Å². The van der Waals surface area contributed by atoms with E-state index in [0.29, 0.717) is 6.42 Å². The number of halogens is 3. The maximum Gasteiger partial charge on any atom is 0.421 e. The topological polar surface area (TPSA) is 58.0 Å². The summed E-state index contributed by atoms with van der Waals surface area (Å²) in [4.78, 5) is 7.58. The summed E-state index contributed by atoms with van der Waals surface area (Å²) < 4.78 is 38.8. The lowest BCUT2D eigenvalue weighted by Gasteiger charge is -2.49. The number of hydrogen-bond acceptors (Lipinski definition) is 5. The molecule has 2 atom stereocenters. The van der Waals surface area contributed by atoms with Gasteiger partial charge >= 0.3 is 6.18 Å². The maximum atomic E-state index is 12.9. The smallest absolute Gasteiger partial charge is 0.392 e. The number of aliphatic hydroxyl groups is 1. The third-order valence-electron chi connectivity index (χ3n) is 3.78. The fourth-order valence-corrected chi connectivity index (χ4v) is 2.43. The molecule has 2 unspecified atom stereocenters. The Kier molecular flexibility index (Phi) is 3.90. The van der Waals surface area contributed by atoms with Crippen LogP contribution < -0.4 is 5.32 Å². The van der Waals surface area contributed by atoms with Gasteiger partial charge in [0.25, 0.3) is 0 Å². The fraction of sp³-hybridized carbons (Fsp3) is 0.667. The van der Waals surface area contributed by atoms with E-state index in [1.165, 1.54) is 11.8 Å². The van der Waals surface area contributed by atoms with Crippen molar-refractivity contribution >= 4 is 17.6 Å². The highest BCUT2D eigenvalue weighted by atomic mass is 32.2. The van der Waals surface area contributed by atoms with E-state index < -0.39 is 23.3 Å². The summed E-state index contributed by atoms with van der Waals surface area (Å²) in [5.74, 6) is -0.221. The van der Waals surface area contributed by atoms with Gasteiger partial charge in [0.15, 0.2) is 5.16 Å². The molecule has 0 radical (unpaired) electrons. The second-order valence-corrected chi connectivity index (χ2v) is 6.16. The van der Waals surface area contributed by atoms with Crippen molar-refractivity contribution in [3.05, 3.63) is 11.8 Å². The largest absolute Gasteiger partial charge is 0.421 e. The molecule has 4 nitrogen and oxygen atoms in total. The molecule has 20 heavy (non-hydrogen) atoms. The van der Waals surface area contributed by atoms with Crippen LogP contribution in [0.2, 0.25) is 0 Å². The molecule has 0 saturated heterocycles. The second-order valence-electron chi connectivity index (χ2n) is 5.39. The zero-order valence-corrected chi connectivity index (χ0v) is 12.1. The first-order chi connectivity index (χ1) is 9.16. The fourth-order valence-electron chi connectivity index (χ4n) is 2.09. The lowest BCUT2D eigenvalue weighted by molar-refractivity contribution is -0.137. The van der Waals surface area contributed by atoms with Gasteiger partial charge in [0.1, 0.15) is 11.4 Å². The molecule has 1 fully saturated rings. The van der Waals surface area contributed by atoms with E-state index in [1.807, 2.05) is 13.8 Å². The van der Waals surface area contributed by atoms with Crippen molar-refractivity contribution in [3.63, 3.8) is 0 Å². The van der Waals surface area contributed by atoms with Crippen LogP contribution in [-0.4, -0.2) is 33.5 Å². The number of aromatic nitrogens is 2. The minimum absolute atomic E-state index is 0.221. The van der Waals surface area contributed by atoms with Crippen molar-refractivity contribution in [2.75, 3.05) is 11.6 Å². The van der Waals surface area contributed by atoms with Crippen LogP contribution in [0.25, 0.3) is 0 Å². The molecule has 2 N–H and O–H groups in total. The Morgan fingerprint density at radius 3 is 2.55 bits per heavy atom. The first-order valence-corrected chi connectivity index (χ1v) is 7.31. The standard InChI is InChI=1S/C12H16F3N3OS/c1-11(2)7(4-8(11)19)17-9-6(12(13,14)15)5-16-10(18-9)20-3/h5,7-8,19H,4H2,1-3H3,(H,16,17,18). The number of nitrogens with one attached hydrogen (secondary N) is 1. The Balaban J connectivity index is 2.30. The predicted octanol–water partition coefficient (Wildman–Crippen LogP) is 2.79. The number of aliphatic hydroxyl groups excluding tert-OH is 1. The molecule has 1 aromatic heterocycles. The van der Waals surface area contributed by atoms with E-state index in [9.17, 15) is 18.3 Å². The number of anilines is 1. The van der Waals surface area contributed by atoms with Crippen LogP contribution in [0, 0.1) is 5.41 Å². The first kappa shape index (κ1) is 15.4. The van der Waals surface area contributed by atoms with Crippen LogP contribution in [0.15, 0.2) is 11.4 Å². The summed E-state index contributed by atoms with van der Waals surface area (Å²) >= 11 is 1.18. The molecule has 1 aliphatic carbocycles. The molecular weight excluding hydrogens is 291 g/mol. The van der Waals surface area contributed by atoms with E-state index in [0.717, 1.165) is 6.20 Å². The Hall–Kier alpha value is -1.02. The van der Waals surface area contributed by atoms with Gasteiger partial charge in [-0.05, 0) is 12.7 Å². The van der Waals surface area contributed by atoms with Crippen molar-refractivity contribution in [1.82, 2.24) is 9.97 Å². The molecule has 0 aliphatic heterocycles. The number of nitrogens with zero attached hydrogens (tertiary/aromatic N) is 2. The Labute approximate surface area is 119 Å². The van der Waals surface area contributed by atoms with Gasteiger partial charge in [-0.25, -0.2) is 9.97 Å². The Morgan fingerprint density at radius 1 is 1.45 bits per heavy atom. The van der Waals surface area contributed by atoms with Gasteiger partial charge in [0, 0.05) is 17.7 Å². The molecule has 0 amide bonds. The van der Waals surface area contributed by atoms with E-state index in [1.54, 1.807) is 6.26 Å². The van der Waals surface area contributed by atoms with Gasteiger partial charge in [0.2, 0.25) is 0 Å². The van der Waals surface area contributed by atoms with Gasteiger partial charge in [-0.1, -0.05) is 25.6 Å². The molecule has 0 bridgehead atoms. The molecule has 2 rings (SSSR count). The molecule has 1 saturated carbocycles. The number of hydrogen-bond donors (Lipinski definition) is 2. The van der Waals surface area contributed by atoms with Crippen molar-refractivity contribution in [2.45, 2.75) is 43.7 Å². The van der Waals surface area contributed by atoms with Crippen molar-refractivity contribution in [2.24, 2.45) is 5.41 Å². The summed E-state index contributed by atoms with van der Waals surface area (Å²) in [7, 11) is 0. The number of thioether (sulfide) groups is 1. The molecule has 1 aliphatic rings. The molecule has 8 heteroatoms. The monoisotopic (exact) mass is 307 g/mol. The average Bonchev–Trinajstić information content (AvgIpc) is 2.37. The molecule has 1 aromatic rings. The van der Waals surface area contributed by atoms with Crippen LogP contribution >= 0.6 is 11.8 Å². The summed E-state index contributed by atoms with van der Waals surface area (Å²) in [6.07, 6.45) is -2.13. The van der Waals surface area contributed by atoms with E-state index >= 15 is 0 Å². The molecule has 0 aromatic carbocycles. The summed E-state index contributed by atoms with van der Waals surface area (Å²) in [5.41, 5.74) is -1.36. The Morgan fingerprint density at radius 2 is 2.10 bits per heavy atom. The lowest BCUT2D eigenvalue weighted by atomic mass is 9.64.